The van der Waals surface area contributed by atoms with E-state index in [-0.39, 0.29) is 5.91 Å². The number of thiazole rings is 1. The van der Waals surface area contributed by atoms with Gasteiger partial charge in [0.1, 0.15) is 0 Å². The summed E-state index contributed by atoms with van der Waals surface area (Å²) in [5.41, 5.74) is 3.15. The van der Waals surface area contributed by atoms with Gasteiger partial charge in [-0.05, 0) is 56.2 Å². The minimum atomic E-state index is 0.126. The molecule has 0 radical (unpaired) electrons. The van der Waals surface area contributed by atoms with E-state index in [1.165, 1.54) is 21.2 Å². The molecule has 1 amide bonds. The maximum atomic E-state index is 13.1. The highest BCUT2D eigenvalue weighted by molar-refractivity contribution is 9.10. The summed E-state index contributed by atoms with van der Waals surface area (Å²) in [6.45, 7) is 3.69. The van der Waals surface area contributed by atoms with Gasteiger partial charge in [-0.1, -0.05) is 34.1 Å². The molecule has 0 spiro atoms. The van der Waals surface area contributed by atoms with Crippen LogP contribution in [0.5, 0.6) is 0 Å². The lowest BCUT2D eigenvalue weighted by molar-refractivity contribution is 0.0718. The number of benzene rings is 1. The number of carbonyl (C=O) groups is 1. The zero-order valence-electron chi connectivity index (χ0n) is 17.6. The summed E-state index contributed by atoms with van der Waals surface area (Å²) >= 11 is 6.82. The van der Waals surface area contributed by atoms with Crippen LogP contribution in [0, 0.1) is 6.92 Å². The summed E-state index contributed by atoms with van der Waals surface area (Å²) in [7, 11) is 0. The van der Waals surface area contributed by atoms with Gasteiger partial charge in [0.2, 0.25) is 0 Å². The van der Waals surface area contributed by atoms with Crippen molar-refractivity contribution in [1.82, 2.24) is 14.9 Å². The quantitative estimate of drug-likeness (QED) is 0.288. The van der Waals surface area contributed by atoms with E-state index >= 15 is 0 Å². The Morgan fingerprint density at radius 2 is 1.81 bits per heavy atom. The number of hydrogen-bond acceptors (Lipinski definition) is 5. The third kappa shape index (κ3) is 4.42. The maximum absolute atomic E-state index is 13.1. The topological polar surface area (TPSA) is 46.1 Å². The van der Waals surface area contributed by atoms with Crippen LogP contribution in [-0.2, 0) is 0 Å². The highest BCUT2D eigenvalue weighted by atomic mass is 79.9. The smallest absolute Gasteiger partial charge is 0.263 e. The predicted molar refractivity (Wildman–Crippen MR) is 135 cm³/mol. The number of aryl methyl sites for hydroxylation is 1. The highest BCUT2D eigenvalue weighted by Gasteiger charge is 2.28. The van der Waals surface area contributed by atoms with E-state index in [1.807, 2.05) is 35.2 Å². The van der Waals surface area contributed by atoms with E-state index in [0.29, 0.717) is 5.92 Å². The Bertz CT molecular complexity index is 1230. The molecule has 32 heavy (non-hydrogen) atoms. The molecule has 4 nitrogen and oxygen atoms in total. The van der Waals surface area contributed by atoms with Gasteiger partial charge >= 0.3 is 0 Å². The maximum Gasteiger partial charge on any atom is 0.263 e. The number of piperidine rings is 1. The molecule has 0 unspecified atom stereocenters. The van der Waals surface area contributed by atoms with E-state index in [1.54, 1.807) is 17.5 Å². The van der Waals surface area contributed by atoms with Crippen molar-refractivity contribution in [1.29, 1.82) is 0 Å². The summed E-state index contributed by atoms with van der Waals surface area (Å²) in [5.74, 6) is 0.542. The summed E-state index contributed by atoms with van der Waals surface area (Å²) in [6, 6.07) is 18.1. The molecule has 3 aromatic heterocycles. The van der Waals surface area contributed by atoms with E-state index < -0.39 is 0 Å². The van der Waals surface area contributed by atoms with Crippen LogP contribution in [0.15, 0.2) is 65.3 Å². The molecule has 1 aromatic carbocycles. The summed E-state index contributed by atoms with van der Waals surface area (Å²) in [5, 5.41) is 1.20. The standard InChI is InChI=1S/C25H22BrN3OS2/c1-16-23(17-5-7-19(26)8-6-17)28-24(31-16)18-11-14-29(15-12-18)25(30)22-10-9-21(32-22)20-4-2-3-13-27-20/h2-10,13,18H,11-12,14-15H2,1H3. The Kier molecular flexibility index (Phi) is 6.22. The number of likely N-dealkylation sites (tertiary alicyclic amines) is 1. The molecule has 0 atom stereocenters. The lowest BCUT2D eigenvalue weighted by atomic mass is 9.97. The van der Waals surface area contributed by atoms with Gasteiger partial charge in [-0.25, -0.2) is 4.98 Å². The van der Waals surface area contributed by atoms with Crippen molar-refractivity contribution >= 4 is 44.5 Å². The normalized spacial score (nSPS) is 14.6. The number of rotatable bonds is 4. The summed E-state index contributed by atoms with van der Waals surface area (Å²) in [6.07, 6.45) is 3.69. The lowest BCUT2D eigenvalue weighted by Gasteiger charge is -2.30. The Balaban J connectivity index is 1.25. The summed E-state index contributed by atoms with van der Waals surface area (Å²) in [4.78, 5) is 27.5. The Morgan fingerprint density at radius 1 is 1.03 bits per heavy atom. The first-order chi connectivity index (χ1) is 15.6. The molecule has 1 aliphatic heterocycles. The number of amides is 1. The molecule has 7 heteroatoms. The third-order valence-electron chi connectivity index (χ3n) is 5.80. The van der Waals surface area contributed by atoms with E-state index in [2.05, 4.69) is 52.1 Å². The van der Waals surface area contributed by atoms with Crippen LogP contribution in [0.25, 0.3) is 21.8 Å². The van der Waals surface area contributed by atoms with Crippen molar-refractivity contribution in [2.75, 3.05) is 13.1 Å². The zero-order valence-corrected chi connectivity index (χ0v) is 20.8. The van der Waals surface area contributed by atoms with Gasteiger partial charge < -0.3 is 4.90 Å². The second-order valence-corrected chi connectivity index (χ2v) is 11.1. The van der Waals surface area contributed by atoms with Crippen LogP contribution in [0.3, 0.4) is 0 Å². The predicted octanol–water partition coefficient (Wildman–Crippen LogP) is 7.02. The molecule has 4 aromatic rings. The number of nitrogens with zero attached hydrogens (tertiary/aromatic N) is 3. The van der Waals surface area contributed by atoms with Gasteiger partial charge in [0.05, 0.1) is 26.1 Å². The van der Waals surface area contributed by atoms with E-state index in [9.17, 15) is 4.79 Å². The Labute approximate surface area is 204 Å². The van der Waals surface area contributed by atoms with Gasteiger partial charge in [-0.3, -0.25) is 9.78 Å². The second-order valence-electron chi connectivity index (χ2n) is 7.91. The Hall–Kier alpha value is -2.35. The van der Waals surface area contributed by atoms with Crippen molar-refractivity contribution in [3.63, 3.8) is 0 Å². The zero-order chi connectivity index (χ0) is 22.1. The molecule has 1 aliphatic rings. The minimum absolute atomic E-state index is 0.126. The average Bonchev–Trinajstić information content (AvgIpc) is 3.47. The molecule has 0 N–H and O–H groups in total. The van der Waals surface area contributed by atoms with Crippen LogP contribution in [0.2, 0.25) is 0 Å². The van der Waals surface area contributed by atoms with Gasteiger partial charge in [-0.15, -0.1) is 22.7 Å². The molecule has 0 bridgehead atoms. The van der Waals surface area contributed by atoms with E-state index in [4.69, 9.17) is 4.98 Å². The third-order valence-corrected chi connectivity index (χ3v) is 8.55. The SMILES string of the molecule is Cc1sc(C2CCN(C(=O)c3ccc(-c4ccccn4)s3)CC2)nc1-c1ccc(Br)cc1. The van der Waals surface area contributed by atoms with Gasteiger partial charge in [0, 0.05) is 40.1 Å². The van der Waals surface area contributed by atoms with Crippen molar-refractivity contribution < 1.29 is 4.79 Å². The highest BCUT2D eigenvalue weighted by Crippen LogP contribution is 2.37. The number of hydrogen-bond donors (Lipinski definition) is 0. The average molecular weight is 525 g/mol. The van der Waals surface area contributed by atoms with Crippen LogP contribution >= 0.6 is 38.6 Å². The van der Waals surface area contributed by atoms with Gasteiger partial charge in [0.15, 0.2) is 0 Å². The molecule has 4 heterocycles. The molecule has 1 saturated heterocycles. The first-order valence-electron chi connectivity index (χ1n) is 10.6. The van der Waals surface area contributed by atoms with Gasteiger partial charge in [0.25, 0.3) is 5.91 Å². The fourth-order valence-electron chi connectivity index (χ4n) is 4.05. The minimum Gasteiger partial charge on any atom is -0.338 e. The Morgan fingerprint density at radius 3 is 2.53 bits per heavy atom. The molecular weight excluding hydrogens is 502 g/mol. The molecule has 5 rings (SSSR count). The molecule has 0 saturated carbocycles. The van der Waals surface area contributed by atoms with Crippen molar-refractivity contribution in [3.05, 3.63) is 80.0 Å². The van der Waals surface area contributed by atoms with Crippen LogP contribution < -0.4 is 0 Å². The van der Waals surface area contributed by atoms with Crippen LogP contribution in [-0.4, -0.2) is 33.9 Å². The molecule has 162 valence electrons. The number of pyridine rings is 1. The number of carbonyl (C=O) groups excluding carboxylic acids is 1. The number of aromatic nitrogens is 2. The van der Waals surface area contributed by atoms with Crippen LogP contribution in [0.1, 0.15) is 38.3 Å². The lowest BCUT2D eigenvalue weighted by Crippen LogP contribution is -2.37. The van der Waals surface area contributed by atoms with Crippen LogP contribution in [0.4, 0.5) is 0 Å². The largest absolute Gasteiger partial charge is 0.338 e. The summed E-state index contributed by atoms with van der Waals surface area (Å²) < 4.78 is 1.07. The monoisotopic (exact) mass is 523 g/mol. The van der Waals surface area contributed by atoms with Gasteiger partial charge in [-0.2, -0.15) is 0 Å². The number of thiophene rings is 1. The van der Waals surface area contributed by atoms with Crippen molar-refractivity contribution in [3.8, 4) is 21.8 Å². The molecule has 1 fully saturated rings. The van der Waals surface area contributed by atoms with Crippen molar-refractivity contribution in [2.24, 2.45) is 0 Å². The second kappa shape index (κ2) is 9.25. The molecule has 0 aliphatic carbocycles. The first kappa shape index (κ1) is 21.5. The number of halogens is 1. The van der Waals surface area contributed by atoms with Crippen molar-refractivity contribution in [2.45, 2.75) is 25.7 Å². The fourth-order valence-corrected chi connectivity index (χ4v) is 6.38. The first-order valence-corrected chi connectivity index (χ1v) is 13.0. The van der Waals surface area contributed by atoms with E-state index in [0.717, 1.165) is 57.1 Å². The fraction of sp³-hybridized carbons (Fsp3) is 0.240. The molecular formula is C25H22BrN3OS2.